The third kappa shape index (κ3) is 4.60. The number of aromatic nitrogens is 2. The van der Waals surface area contributed by atoms with Crippen molar-refractivity contribution in [2.45, 2.75) is 58.2 Å². The second-order valence-corrected chi connectivity index (χ2v) is 12.9. The molecule has 0 fully saturated rings. The summed E-state index contributed by atoms with van der Waals surface area (Å²) in [7, 11) is 3.73. The number of rotatable bonds is 5. The van der Waals surface area contributed by atoms with Gasteiger partial charge in [-0.2, -0.15) is 0 Å². The number of halogens is 1. The Kier molecular flexibility index (Phi) is 6.84. The number of carbonyl (C=O) groups excluding carboxylic acids is 1. The smallest absolute Gasteiger partial charge is 0.272 e. The molecule has 3 aliphatic rings. The summed E-state index contributed by atoms with van der Waals surface area (Å²) >= 11 is 1.58. The molecule has 1 N–H and O–H groups in total. The Balaban J connectivity index is 1.27. The minimum Gasteiger partial charge on any atom is -0.392 e. The molecule has 0 unspecified atom stereocenters. The van der Waals surface area contributed by atoms with Crippen LogP contribution < -0.4 is 10.5 Å². The summed E-state index contributed by atoms with van der Waals surface area (Å²) in [5.74, 6) is -0.667. The van der Waals surface area contributed by atoms with Crippen molar-refractivity contribution in [3.8, 4) is 11.3 Å². The standard InChI is InChI=1S/C33H33FN4O3S/c1-36-15-20-8-7-19(11-21(20)16-36)12-27-32(40)37(2)17-28(35-27)25-13-22(34)14-29(26(25)18-39)38-10-9-24-23-5-3-4-6-30(23)42-31(24)33(38)41/h7-8,11,13-14,17,39H,3-6,9-10,12,15-16,18H2,1-2H3. The molecule has 2 aromatic heterocycles. The zero-order valence-corrected chi connectivity index (χ0v) is 24.7. The van der Waals surface area contributed by atoms with E-state index in [0.29, 0.717) is 47.6 Å². The van der Waals surface area contributed by atoms with Gasteiger partial charge in [-0.3, -0.25) is 14.5 Å². The third-order valence-corrected chi connectivity index (χ3v) is 10.2. The molecule has 2 aromatic carbocycles. The summed E-state index contributed by atoms with van der Waals surface area (Å²) < 4.78 is 16.7. The summed E-state index contributed by atoms with van der Waals surface area (Å²) in [4.78, 5) is 37.5. The summed E-state index contributed by atoms with van der Waals surface area (Å²) in [6, 6.07) is 8.93. The Hall–Kier alpha value is -3.66. The molecule has 4 aromatic rings. The van der Waals surface area contributed by atoms with Crippen molar-refractivity contribution in [2.24, 2.45) is 7.05 Å². The molecule has 4 heterocycles. The molecule has 0 bridgehead atoms. The molecule has 42 heavy (non-hydrogen) atoms. The lowest BCUT2D eigenvalue weighted by Gasteiger charge is -2.30. The molecule has 2 aliphatic heterocycles. The largest absolute Gasteiger partial charge is 0.392 e. The minimum absolute atomic E-state index is 0.140. The van der Waals surface area contributed by atoms with Gasteiger partial charge in [-0.1, -0.05) is 18.2 Å². The highest BCUT2D eigenvalue weighted by molar-refractivity contribution is 7.14. The van der Waals surface area contributed by atoms with Crippen LogP contribution in [0.3, 0.4) is 0 Å². The van der Waals surface area contributed by atoms with Gasteiger partial charge >= 0.3 is 0 Å². The highest BCUT2D eigenvalue weighted by Crippen LogP contribution is 2.40. The molecule has 7 nitrogen and oxygen atoms in total. The van der Waals surface area contributed by atoms with E-state index in [2.05, 4.69) is 24.1 Å². The van der Waals surface area contributed by atoms with Crippen LogP contribution in [0.5, 0.6) is 0 Å². The zero-order valence-electron chi connectivity index (χ0n) is 23.9. The number of amides is 1. The topological polar surface area (TPSA) is 78.7 Å². The number of hydrogen-bond donors (Lipinski definition) is 1. The van der Waals surface area contributed by atoms with Crippen LogP contribution in [-0.2, 0) is 52.4 Å². The van der Waals surface area contributed by atoms with Crippen LogP contribution in [0.2, 0.25) is 0 Å². The number of fused-ring (bicyclic) bond motifs is 4. The Bertz CT molecular complexity index is 1810. The normalized spacial score (nSPS) is 16.5. The highest BCUT2D eigenvalue weighted by atomic mass is 32.1. The molecule has 0 radical (unpaired) electrons. The van der Waals surface area contributed by atoms with Gasteiger partial charge in [0.25, 0.3) is 11.5 Å². The Labute approximate surface area is 247 Å². The molecule has 7 rings (SSSR count). The number of nitrogens with zero attached hydrogens (tertiary/aromatic N) is 4. The molecule has 9 heteroatoms. The second kappa shape index (κ2) is 10.6. The number of anilines is 1. The molecule has 1 amide bonds. The van der Waals surface area contributed by atoms with Gasteiger partial charge in [0, 0.05) is 55.3 Å². The van der Waals surface area contributed by atoms with Gasteiger partial charge in [0.1, 0.15) is 11.5 Å². The molecule has 0 atom stereocenters. The molecular formula is C33H33FN4O3S. The summed E-state index contributed by atoms with van der Waals surface area (Å²) in [6.45, 7) is 1.79. The van der Waals surface area contributed by atoms with E-state index in [1.54, 1.807) is 29.5 Å². The van der Waals surface area contributed by atoms with Crippen molar-refractivity contribution in [3.63, 3.8) is 0 Å². The van der Waals surface area contributed by atoms with Gasteiger partial charge in [-0.15, -0.1) is 11.3 Å². The maximum absolute atomic E-state index is 15.3. The first-order chi connectivity index (χ1) is 20.3. The van der Waals surface area contributed by atoms with Gasteiger partial charge in [-0.25, -0.2) is 9.37 Å². The molecule has 216 valence electrons. The van der Waals surface area contributed by atoms with Crippen molar-refractivity contribution in [3.05, 3.63) is 102 Å². The van der Waals surface area contributed by atoms with E-state index < -0.39 is 12.4 Å². The summed E-state index contributed by atoms with van der Waals surface area (Å²) in [6.07, 6.45) is 6.94. The predicted molar refractivity (Wildman–Crippen MR) is 162 cm³/mol. The molecular weight excluding hydrogens is 551 g/mol. The summed E-state index contributed by atoms with van der Waals surface area (Å²) in [5, 5.41) is 10.6. The van der Waals surface area contributed by atoms with Gasteiger partial charge in [0.2, 0.25) is 0 Å². The fourth-order valence-electron chi connectivity index (χ4n) is 6.84. The van der Waals surface area contributed by atoms with Gasteiger partial charge in [0.15, 0.2) is 0 Å². The average molecular weight is 585 g/mol. The van der Waals surface area contributed by atoms with Gasteiger partial charge < -0.3 is 14.6 Å². The van der Waals surface area contributed by atoms with E-state index in [0.717, 1.165) is 54.8 Å². The molecule has 0 saturated carbocycles. The highest BCUT2D eigenvalue weighted by Gasteiger charge is 2.33. The Morgan fingerprint density at radius 1 is 1.00 bits per heavy atom. The zero-order chi connectivity index (χ0) is 29.1. The van der Waals surface area contributed by atoms with Crippen molar-refractivity contribution in [1.82, 2.24) is 14.5 Å². The number of hydrogen-bond acceptors (Lipinski definition) is 6. The van der Waals surface area contributed by atoms with Crippen molar-refractivity contribution in [2.75, 3.05) is 18.5 Å². The maximum Gasteiger partial charge on any atom is 0.272 e. The van der Waals surface area contributed by atoms with Crippen molar-refractivity contribution >= 4 is 22.9 Å². The lowest BCUT2D eigenvalue weighted by atomic mass is 9.91. The molecule has 1 aliphatic carbocycles. The lowest BCUT2D eigenvalue weighted by Crippen LogP contribution is -2.37. The van der Waals surface area contributed by atoms with E-state index in [9.17, 15) is 14.7 Å². The average Bonchev–Trinajstić information content (AvgIpc) is 3.55. The minimum atomic E-state index is -0.527. The summed E-state index contributed by atoms with van der Waals surface area (Å²) in [5.41, 5.74) is 7.69. The van der Waals surface area contributed by atoms with Crippen LogP contribution in [0.1, 0.15) is 66.5 Å². The van der Waals surface area contributed by atoms with E-state index >= 15 is 4.39 Å². The number of aliphatic hydroxyl groups excluding tert-OH is 1. The van der Waals surface area contributed by atoms with E-state index in [1.807, 2.05) is 6.07 Å². The van der Waals surface area contributed by atoms with Crippen LogP contribution in [0.15, 0.2) is 41.3 Å². The lowest BCUT2D eigenvalue weighted by molar-refractivity contribution is 0.0984. The SMILES string of the molecule is CN1Cc2ccc(Cc3nc(-c4cc(F)cc(N5CCc6c(sc7c6CCCC7)C5=O)c4CO)cn(C)c3=O)cc2C1. The van der Waals surface area contributed by atoms with E-state index in [-0.39, 0.29) is 11.5 Å². The molecule has 0 spiro atoms. The Morgan fingerprint density at radius 2 is 1.81 bits per heavy atom. The van der Waals surface area contributed by atoms with Crippen LogP contribution in [0, 0.1) is 5.82 Å². The van der Waals surface area contributed by atoms with E-state index in [1.165, 1.54) is 38.3 Å². The van der Waals surface area contributed by atoms with Crippen molar-refractivity contribution in [1.29, 1.82) is 0 Å². The van der Waals surface area contributed by atoms with Crippen molar-refractivity contribution < 1.29 is 14.3 Å². The van der Waals surface area contributed by atoms with E-state index in [4.69, 9.17) is 4.98 Å². The fourth-order valence-corrected chi connectivity index (χ4v) is 8.23. The number of carbonyl (C=O) groups is 1. The van der Waals surface area contributed by atoms with Crippen LogP contribution in [0.4, 0.5) is 10.1 Å². The maximum atomic E-state index is 15.3. The fraction of sp³-hybridized carbons (Fsp3) is 0.364. The molecule has 0 saturated heterocycles. The first kappa shape index (κ1) is 27.2. The van der Waals surface area contributed by atoms with Crippen LogP contribution >= 0.6 is 11.3 Å². The first-order valence-corrected chi connectivity index (χ1v) is 15.4. The number of aryl methyl sites for hydroxylation is 2. The monoisotopic (exact) mass is 584 g/mol. The van der Waals surface area contributed by atoms with Gasteiger partial charge in [-0.05, 0) is 79.1 Å². The predicted octanol–water partition coefficient (Wildman–Crippen LogP) is 4.76. The first-order valence-electron chi connectivity index (χ1n) is 14.6. The quantitative estimate of drug-likeness (QED) is 0.366. The van der Waals surface area contributed by atoms with Gasteiger partial charge in [0.05, 0.1) is 22.9 Å². The number of aliphatic hydroxyl groups is 1. The third-order valence-electron chi connectivity index (χ3n) is 8.88. The van der Waals surface area contributed by atoms with Crippen LogP contribution in [-0.4, -0.2) is 39.1 Å². The second-order valence-electron chi connectivity index (χ2n) is 11.8. The van der Waals surface area contributed by atoms with Crippen LogP contribution in [0.25, 0.3) is 11.3 Å². The number of benzene rings is 2. The Morgan fingerprint density at radius 3 is 2.64 bits per heavy atom. The number of thiophene rings is 1.